The van der Waals surface area contributed by atoms with Crippen LogP contribution in [0.3, 0.4) is 0 Å². The van der Waals surface area contributed by atoms with E-state index in [0.29, 0.717) is 12.3 Å². The number of carbonyl (C=O) groups is 2. The number of esters is 1. The van der Waals surface area contributed by atoms with Gasteiger partial charge in [-0.1, -0.05) is 25.4 Å². The molecular formula is C22H28BF4N3O4. The number of alkyl halides is 4. The van der Waals surface area contributed by atoms with Gasteiger partial charge in [0.05, 0.1) is 24.8 Å². The predicted molar refractivity (Wildman–Crippen MR) is 122 cm³/mol. The Hall–Kier alpha value is -3.05. The largest absolute Gasteiger partial charge is 0.495 e. The van der Waals surface area contributed by atoms with Gasteiger partial charge < -0.3 is 20.5 Å². The SMILES string of the molecule is CC.[B]c1cc(C(F)(F)F)c(C=NC(C(=O)OCC)C(=O)[C@@H]2C[C@@H](F)CN2C(=C)O)c(N)c1C. The molecule has 0 aliphatic carbocycles. The van der Waals surface area contributed by atoms with Crippen LogP contribution in [-0.2, 0) is 20.5 Å². The van der Waals surface area contributed by atoms with Crippen molar-refractivity contribution in [2.24, 2.45) is 4.99 Å². The number of ketones is 1. The number of rotatable bonds is 7. The Bertz CT molecular complexity index is 953. The fraction of sp³-hybridized carbons (Fsp3) is 0.500. The molecule has 3 N–H and O–H groups in total. The summed E-state index contributed by atoms with van der Waals surface area (Å²) in [4.78, 5) is 30.1. The third-order valence-corrected chi connectivity index (χ3v) is 5.06. The van der Waals surface area contributed by atoms with Crippen LogP contribution in [0.1, 0.15) is 43.9 Å². The first kappa shape index (κ1) is 29.0. The van der Waals surface area contributed by atoms with Crippen molar-refractivity contribution in [1.82, 2.24) is 4.90 Å². The number of Topliss-reactive ketones (excluding diaryl/α,β-unsaturated/α-hetero) is 1. The number of likely N-dealkylation sites (tertiary alicyclic amines) is 1. The number of anilines is 1. The monoisotopic (exact) mass is 485 g/mol. The summed E-state index contributed by atoms with van der Waals surface area (Å²) in [5.74, 6) is -2.69. The van der Waals surface area contributed by atoms with Gasteiger partial charge in [-0.2, -0.15) is 13.2 Å². The third-order valence-electron chi connectivity index (χ3n) is 5.06. The van der Waals surface area contributed by atoms with Crippen molar-refractivity contribution in [2.75, 3.05) is 18.9 Å². The minimum Gasteiger partial charge on any atom is -0.495 e. The molecule has 1 aliphatic heterocycles. The second-order valence-corrected chi connectivity index (χ2v) is 7.22. The van der Waals surface area contributed by atoms with Crippen molar-refractivity contribution < 1.29 is 37.0 Å². The van der Waals surface area contributed by atoms with Crippen molar-refractivity contribution in [3.63, 3.8) is 0 Å². The highest BCUT2D eigenvalue weighted by Crippen LogP contribution is 2.34. The Balaban J connectivity index is 0.00000281. The summed E-state index contributed by atoms with van der Waals surface area (Å²) in [5, 5.41) is 9.64. The number of aliphatic hydroxyl groups excluding tert-OH is 1. The number of hydrogen-bond donors (Lipinski definition) is 2. The summed E-state index contributed by atoms with van der Waals surface area (Å²) < 4.78 is 59.2. The molecule has 34 heavy (non-hydrogen) atoms. The zero-order valence-electron chi connectivity index (χ0n) is 19.4. The highest BCUT2D eigenvalue weighted by molar-refractivity contribution is 6.34. The van der Waals surface area contributed by atoms with Crippen LogP contribution in [0.5, 0.6) is 0 Å². The first-order chi connectivity index (χ1) is 15.8. The van der Waals surface area contributed by atoms with Crippen LogP contribution in [0.15, 0.2) is 23.5 Å². The lowest BCUT2D eigenvalue weighted by Gasteiger charge is -2.25. The molecule has 12 heteroatoms. The summed E-state index contributed by atoms with van der Waals surface area (Å²) in [6.45, 7) is 9.65. The average Bonchev–Trinajstić information content (AvgIpc) is 3.16. The molecular weight excluding hydrogens is 457 g/mol. The van der Waals surface area contributed by atoms with Gasteiger partial charge in [0.1, 0.15) is 14.0 Å². The van der Waals surface area contributed by atoms with Gasteiger partial charge in [0, 0.05) is 23.9 Å². The smallest absolute Gasteiger partial charge is 0.417 e. The number of nitrogens with two attached hydrogens (primary N) is 1. The number of aliphatic imine (C=N–C) groups is 1. The fourth-order valence-corrected chi connectivity index (χ4v) is 3.36. The van der Waals surface area contributed by atoms with Gasteiger partial charge in [-0.15, -0.1) is 0 Å². The summed E-state index contributed by atoms with van der Waals surface area (Å²) in [6, 6.07) is -2.54. The van der Waals surface area contributed by atoms with E-state index in [1.54, 1.807) is 0 Å². The maximum absolute atomic E-state index is 13.9. The van der Waals surface area contributed by atoms with Crippen molar-refractivity contribution >= 4 is 37.0 Å². The molecule has 3 atom stereocenters. The van der Waals surface area contributed by atoms with Gasteiger partial charge in [-0.05, 0) is 26.0 Å². The second-order valence-electron chi connectivity index (χ2n) is 7.22. The van der Waals surface area contributed by atoms with E-state index in [1.807, 2.05) is 13.8 Å². The standard InChI is InChI=1S/C20H22BF4N3O4.C2H6/c1-4-32-19(31)17(18(30)15-5-11(22)8-28(15)10(3)29)27-7-12-13(20(23,24)25)6-14(21)9(2)16(12)26;1-2/h6-7,11,15,17,29H,3-5,8,26H2,1-2H3;1-2H3/t11-,15+,17?;/m1./s1. The molecule has 1 aliphatic rings. The number of nitrogens with zero attached hydrogens (tertiary/aromatic N) is 2. The normalized spacial score (nSPS) is 18.9. The van der Waals surface area contributed by atoms with E-state index in [1.165, 1.54) is 13.8 Å². The van der Waals surface area contributed by atoms with Crippen LogP contribution in [-0.4, -0.2) is 67.2 Å². The molecule has 0 saturated carbocycles. The Kier molecular flexibility index (Phi) is 10.1. The Morgan fingerprint density at radius 3 is 2.53 bits per heavy atom. The van der Waals surface area contributed by atoms with Gasteiger partial charge in [0.15, 0.2) is 11.7 Å². The molecule has 1 aromatic carbocycles. The van der Waals surface area contributed by atoms with Crippen LogP contribution in [0, 0.1) is 6.92 Å². The highest BCUT2D eigenvalue weighted by atomic mass is 19.4. The van der Waals surface area contributed by atoms with E-state index in [0.717, 1.165) is 4.90 Å². The highest BCUT2D eigenvalue weighted by Gasteiger charge is 2.43. The Morgan fingerprint density at radius 1 is 1.44 bits per heavy atom. The van der Waals surface area contributed by atoms with E-state index in [2.05, 4.69) is 11.6 Å². The number of aliphatic hydroxyl groups is 1. The van der Waals surface area contributed by atoms with Crippen molar-refractivity contribution in [3.05, 3.63) is 35.2 Å². The van der Waals surface area contributed by atoms with Gasteiger partial charge >= 0.3 is 12.1 Å². The van der Waals surface area contributed by atoms with Gasteiger partial charge in [-0.25, -0.2) is 9.18 Å². The lowest BCUT2D eigenvalue weighted by molar-refractivity contribution is -0.148. The minimum absolute atomic E-state index is 0.137. The molecule has 1 aromatic rings. The van der Waals surface area contributed by atoms with Gasteiger partial charge in [-0.3, -0.25) is 9.79 Å². The maximum Gasteiger partial charge on any atom is 0.417 e. The molecule has 2 rings (SSSR count). The van der Waals surface area contributed by atoms with Crippen molar-refractivity contribution in [3.8, 4) is 0 Å². The summed E-state index contributed by atoms with van der Waals surface area (Å²) >= 11 is 0. The predicted octanol–water partition coefficient (Wildman–Crippen LogP) is 2.78. The van der Waals surface area contributed by atoms with Gasteiger partial charge in [0.2, 0.25) is 6.04 Å². The first-order valence-corrected chi connectivity index (χ1v) is 10.6. The second kappa shape index (κ2) is 11.9. The van der Waals surface area contributed by atoms with Crippen molar-refractivity contribution in [2.45, 2.75) is 58.5 Å². The Morgan fingerprint density at radius 2 is 2.03 bits per heavy atom. The number of nitrogen functional groups attached to an aromatic ring is 1. The molecule has 1 saturated heterocycles. The number of benzene rings is 1. The molecule has 0 amide bonds. The van der Waals surface area contributed by atoms with Crippen LogP contribution in [0.25, 0.3) is 0 Å². The van der Waals surface area contributed by atoms with E-state index in [-0.39, 0.29) is 36.3 Å². The summed E-state index contributed by atoms with van der Waals surface area (Å²) in [6.07, 6.45) is -6.05. The zero-order chi connectivity index (χ0) is 26.4. The van der Waals surface area contributed by atoms with Crippen LogP contribution >= 0.6 is 0 Å². The third kappa shape index (κ3) is 6.51. The number of carbonyl (C=O) groups excluding carboxylic acids is 2. The summed E-state index contributed by atoms with van der Waals surface area (Å²) in [5.41, 5.74) is 3.67. The van der Waals surface area contributed by atoms with Gasteiger partial charge in [0.25, 0.3) is 0 Å². The zero-order valence-corrected chi connectivity index (χ0v) is 19.4. The molecule has 1 heterocycles. The van der Waals surface area contributed by atoms with Crippen LogP contribution in [0.2, 0.25) is 0 Å². The number of halogens is 4. The average molecular weight is 485 g/mol. The topological polar surface area (TPSA) is 105 Å². The molecule has 2 radical (unpaired) electrons. The first-order valence-electron chi connectivity index (χ1n) is 10.6. The van der Waals surface area contributed by atoms with E-state index < -0.39 is 53.2 Å². The molecule has 7 nitrogen and oxygen atoms in total. The fourth-order valence-electron chi connectivity index (χ4n) is 3.36. The summed E-state index contributed by atoms with van der Waals surface area (Å²) in [7, 11) is 5.59. The molecule has 1 unspecified atom stereocenters. The number of ether oxygens (including phenoxy) is 1. The van der Waals surface area contributed by atoms with Crippen molar-refractivity contribution in [1.29, 1.82) is 0 Å². The van der Waals surface area contributed by atoms with E-state index >= 15 is 0 Å². The molecule has 1 fully saturated rings. The quantitative estimate of drug-likeness (QED) is 0.117. The molecule has 186 valence electrons. The van der Waals surface area contributed by atoms with Crippen LogP contribution < -0.4 is 11.2 Å². The molecule has 0 bridgehead atoms. The lowest BCUT2D eigenvalue weighted by Crippen LogP contribution is -2.44. The van der Waals surface area contributed by atoms with E-state index in [9.17, 15) is 32.3 Å². The number of hydrogen-bond acceptors (Lipinski definition) is 7. The molecule has 0 aromatic heterocycles. The Labute approximate surface area is 197 Å². The maximum atomic E-state index is 13.9. The minimum atomic E-state index is -4.85. The van der Waals surface area contributed by atoms with E-state index in [4.69, 9.17) is 18.3 Å². The lowest BCUT2D eigenvalue weighted by atomic mass is 9.86. The molecule has 0 spiro atoms. The van der Waals surface area contributed by atoms with Crippen LogP contribution in [0.4, 0.5) is 23.2 Å².